The Hall–Kier alpha value is -0.750. The maximum atomic E-state index is 13.4. The average molecular weight is 288 g/mol. The first kappa shape index (κ1) is 15.3. The molecular formula is C14H16Cl2FN. The van der Waals surface area contributed by atoms with E-state index in [9.17, 15) is 4.39 Å². The fourth-order valence-corrected chi connectivity index (χ4v) is 2.32. The summed E-state index contributed by atoms with van der Waals surface area (Å²) in [7, 11) is 0. The van der Waals surface area contributed by atoms with Crippen molar-refractivity contribution >= 4 is 23.2 Å². The lowest BCUT2D eigenvalue weighted by Gasteiger charge is -2.22. The quantitative estimate of drug-likeness (QED) is 0.617. The van der Waals surface area contributed by atoms with E-state index < -0.39 is 5.82 Å². The highest BCUT2D eigenvalue weighted by Crippen LogP contribution is 2.29. The van der Waals surface area contributed by atoms with Crippen molar-refractivity contribution in [2.24, 2.45) is 0 Å². The second-order valence-corrected chi connectivity index (χ2v) is 5.00. The van der Waals surface area contributed by atoms with Crippen LogP contribution in [0.2, 0.25) is 10.0 Å². The van der Waals surface area contributed by atoms with Gasteiger partial charge in [-0.2, -0.15) is 0 Å². The summed E-state index contributed by atoms with van der Waals surface area (Å²) in [4.78, 5) is 0. The van der Waals surface area contributed by atoms with Crippen molar-refractivity contribution in [3.05, 3.63) is 33.6 Å². The van der Waals surface area contributed by atoms with Crippen molar-refractivity contribution in [1.82, 2.24) is 5.32 Å². The first-order chi connectivity index (χ1) is 8.49. The van der Waals surface area contributed by atoms with E-state index >= 15 is 0 Å². The van der Waals surface area contributed by atoms with E-state index in [2.05, 4.69) is 11.2 Å². The molecule has 0 aromatic heterocycles. The SMILES string of the molecule is C#CCC(CC)NC(C)c1cc(F)c(Cl)cc1Cl. The van der Waals surface area contributed by atoms with Gasteiger partial charge in [0.2, 0.25) is 0 Å². The third kappa shape index (κ3) is 3.88. The van der Waals surface area contributed by atoms with Gasteiger partial charge in [0.05, 0.1) is 5.02 Å². The number of benzene rings is 1. The number of hydrogen-bond acceptors (Lipinski definition) is 1. The predicted molar refractivity (Wildman–Crippen MR) is 75.5 cm³/mol. The highest BCUT2D eigenvalue weighted by atomic mass is 35.5. The number of halogens is 3. The van der Waals surface area contributed by atoms with E-state index in [1.54, 1.807) is 0 Å². The van der Waals surface area contributed by atoms with Crippen LogP contribution in [-0.2, 0) is 0 Å². The van der Waals surface area contributed by atoms with Gasteiger partial charge in [-0.3, -0.25) is 0 Å². The molecule has 0 amide bonds. The minimum atomic E-state index is -0.463. The second-order valence-electron chi connectivity index (χ2n) is 4.19. The molecule has 0 aliphatic heterocycles. The van der Waals surface area contributed by atoms with Crippen LogP contribution in [0.25, 0.3) is 0 Å². The Morgan fingerprint density at radius 3 is 2.61 bits per heavy atom. The maximum Gasteiger partial charge on any atom is 0.142 e. The van der Waals surface area contributed by atoms with E-state index in [4.69, 9.17) is 29.6 Å². The third-order valence-corrected chi connectivity index (χ3v) is 3.47. The van der Waals surface area contributed by atoms with Crippen molar-refractivity contribution in [3.8, 4) is 12.3 Å². The molecule has 0 aliphatic carbocycles. The maximum absolute atomic E-state index is 13.4. The van der Waals surface area contributed by atoms with Gasteiger partial charge < -0.3 is 5.32 Å². The Bertz CT molecular complexity index is 454. The van der Waals surface area contributed by atoms with Gasteiger partial charge in [0.25, 0.3) is 0 Å². The third-order valence-electron chi connectivity index (χ3n) is 2.85. The first-order valence-electron chi connectivity index (χ1n) is 5.83. The van der Waals surface area contributed by atoms with Crippen molar-refractivity contribution < 1.29 is 4.39 Å². The summed E-state index contributed by atoms with van der Waals surface area (Å²) in [5, 5.41) is 3.82. The highest BCUT2D eigenvalue weighted by molar-refractivity contribution is 6.35. The van der Waals surface area contributed by atoms with Gasteiger partial charge >= 0.3 is 0 Å². The Balaban J connectivity index is 2.87. The van der Waals surface area contributed by atoms with Crippen LogP contribution < -0.4 is 5.32 Å². The van der Waals surface area contributed by atoms with Crippen LogP contribution in [0.15, 0.2) is 12.1 Å². The molecule has 0 spiro atoms. The minimum Gasteiger partial charge on any atom is -0.306 e. The molecule has 1 nitrogen and oxygen atoms in total. The van der Waals surface area contributed by atoms with E-state index in [1.165, 1.54) is 12.1 Å². The van der Waals surface area contributed by atoms with Gasteiger partial charge in [-0.25, -0.2) is 4.39 Å². The lowest BCUT2D eigenvalue weighted by atomic mass is 10.0. The van der Waals surface area contributed by atoms with Crippen LogP contribution in [0.3, 0.4) is 0 Å². The summed E-state index contributed by atoms with van der Waals surface area (Å²) in [5.74, 6) is 2.16. The molecule has 18 heavy (non-hydrogen) atoms. The van der Waals surface area contributed by atoms with Gasteiger partial charge in [0, 0.05) is 23.5 Å². The smallest absolute Gasteiger partial charge is 0.142 e. The van der Waals surface area contributed by atoms with Crippen LogP contribution in [-0.4, -0.2) is 6.04 Å². The fourth-order valence-electron chi connectivity index (χ4n) is 1.78. The molecule has 0 bridgehead atoms. The normalized spacial score (nSPS) is 14.0. The molecule has 0 heterocycles. The Labute approximate surface area is 118 Å². The largest absolute Gasteiger partial charge is 0.306 e. The lowest BCUT2D eigenvalue weighted by Crippen LogP contribution is -2.30. The molecule has 0 saturated carbocycles. The summed E-state index contributed by atoms with van der Waals surface area (Å²) in [6.45, 7) is 3.97. The molecule has 2 atom stereocenters. The zero-order chi connectivity index (χ0) is 13.7. The summed E-state index contributed by atoms with van der Waals surface area (Å²) in [5.41, 5.74) is 0.689. The zero-order valence-corrected chi connectivity index (χ0v) is 11.9. The molecule has 1 N–H and O–H groups in total. The Morgan fingerprint density at radius 1 is 1.39 bits per heavy atom. The van der Waals surface area contributed by atoms with Crippen LogP contribution in [0.1, 0.15) is 38.3 Å². The molecule has 2 unspecified atom stereocenters. The molecular weight excluding hydrogens is 272 g/mol. The van der Waals surface area contributed by atoms with E-state index in [1.807, 2.05) is 13.8 Å². The molecule has 0 radical (unpaired) electrons. The summed E-state index contributed by atoms with van der Waals surface area (Å²) < 4.78 is 13.4. The molecule has 98 valence electrons. The van der Waals surface area contributed by atoms with Crippen molar-refractivity contribution in [3.63, 3.8) is 0 Å². The number of rotatable bonds is 5. The monoisotopic (exact) mass is 287 g/mol. The van der Waals surface area contributed by atoms with E-state index in [-0.39, 0.29) is 17.1 Å². The van der Waals surface area contributed by atoms with Gasteiger partial charge in [-0.05, 0) is 31.0 Å². The van der Waals surface area contributed by atoms with Gasteiger partial charge in [-0.1, -0.05) is 30.1 Å². The topological polar surface area (TPSA) is 12.0 Å². The summed E-state index contributed by atoms with van der Waals surface area (Å²) >= 11 is 11.7. The van der Waals surface area contributed by atoms with Crippen LogP contribution in [0.5, 0.6) is 0 Å². The minimum absolute atomic E-state index is 0.0339. The molecule has 1 aromatic carbocycles. The van der Waals surface area contributed by atoms with Crippen molar-refractivity contribution in [2.75, 3.05) is 0 Å². The summed E-state index contributed by atoms with van der Waals surface area (Å²) in [6.07, 6.45) is 6.84. The van der Waals surface area contributed by atoms with Crippen LogP contribution in [0.4, 0.5) is 4.39 Å². The number of terminal acetylenes is 1. The molecule has 0 fully saturated rings. The first-order valence-corrected chi connectivity index (χ1v) is 6.59. The molecule has 0 aliphatic rings. The second kappa shape index (κ2) is 6.99. The van der Waals surface area contributed by atoms with Crippen LogP contribution in [0, 0.1) is 18.2 Å². The van der Waals surface area contributed by atoms with Crippen molar-refractivity contribution in [1.29, 1.82) is 0 Å². The van der Waals surface area contributed by atoms with E-state index in [0.29, 0.717) is 17.0 Å². The average Bonchev–Trinajstić information content (AvgIpc) is 2.33. The van der Waals surface area contributed by atoms with Gasteiger partial charge in [-0.15, -0.1) is 12.3 Å². The molecule has 0 saturated heterocycles. The lowest BCUT2D eigenvalue weighted by molar-refractivity contribution is 0.448. The Kier molecular flexibility index (Phi) is 5.95. The Morgan fingerprint density at radius 2 is 2.06 bits per heavy atom. The molecule has 1 rings (SSSR count). The number of nitrogens with one attached hydrogen (secondary N) is 1. The highest BCUT2D eigenvalue weighted by Gasteiger charge is 2.16. The molecule has 4 heteroatoms. The zero-order valence-electron chi connectivity index (χ0n) is 10.4. The van der Waals surface area contributed by atoms with E-state index in [0.717, 1.165) is 6.42 Å². The standard InChI is InChI=1S/C14H16Cl2FN/c1-4-6-10(5-2)18-9(3)11-7-14(17)13(16)8-12(11)15/h1,7-10,18H,5-6H2,2-3H3. The molecule has 1 aromatic rings. The van der Waals surface area contributed by atoms with Gasteiger partial charge in [0.1, 0.15) is 5.82 Å². The summed E-state index contributed by atoms with van der Waals surface area (Å²) in [6, 6.07) is 2.90. The predicted octanol–water partition coefficient (Wildman–Crippen LogP) is 4.59. The van der Waals surface area contributed by atoms with Crippen LogP contribution >= 0.6 is 23.2 Å². The fraction of sp³-hybridized carbons (Fsp3) is 0.429. The van der Waals surface area contributed by atoms with Gasteiger partial charge in [0.15, 0.2) is 0 Å². The van der Waals surface area contributed by atoms with Crippen molar-refractivity contribution in [2.45, 2.75) is 38.8 Å². The number of hydrogen-bond donors (Lipinski definition) is 1.